The third-order valence-corrected chi connectivity index (χ3v) is 6.27. The van der Waals surface area contributed by atoms with Crippen LogP contribution in [-0.4, -0.2) is 36.9 Å². The van der Waals surface area contributed by atoms with Crippen molar-refractivity contribution in [3.05, 3.63) is 101 Å². The third kappa shape index (κ3) is 5.31. The molecule has 1 aliphatic rings. The molecule has 0 aliphatic heterocycles. The second-order valence-corrected chi connectivity index (χ2v) is 8.95. The van der Waals surface area contributed by atoms with Gasteiger partial charge in [0.25, 0.3) is 0 Å². The Labute approximate surface area is 212 Å². The summed E-state index contributed by atoms with van der Waals surface area (Å²) in [5, 5.41) is 22.9. The van der Waals surface area contributed by atoms with Crippen molar-refractivity contribution in [3.8, 4) is 11.4 Å². The molecule has 1 heterocycles. The average Bonchev–Trinajstić information content (AvgIpc) is 3.67. The number of benzene rings is 3. The Bertz CT molecular complexity index is 1420. The van der Waals surface area contributed by atoms with E-state index in [1.54, 1.807) is 54.6 Å². The van der Waals surface area contributed by atoms with Gasteiger partial charge in [0.2, 0.25) is 5.82 Å². The summed E-state index contributed by atoms with van der Waals surface area (Å²) in [4.78, 5) is 25.9. The van der Waals surface area contributed by atoms with E-state index < -0.39 is 23.8 Å². The first kappa shape index (κ1) is 24.5. The van der Waals surface area contributed by atoms with Crippen LogP contribution in [0.15, 0.2) is 72.8 Å². The largest absolute Gasteiger partial charge is 0.482 e. The van der Waals surface area contributed by atoms with Gasteiger partial charge in [0.05, 0.1) is 5.69 Å². The predicted octanol–water partition coefficient (Wildman–Crippen LogP) is 4.84. The summed E-state index contributed by atoms with van der Waals surface area (Å²) in [5.41, 5.74) is 1.09. The fourth-order valence-corrected chi connectivity index (χ4v) is 3.99. The summed E-state index contributed by atoms with van der Waals surface area (Å²) in [7, 11) is 0. The number of aromatic nitrogens is 4. The highest BCUT2D eigenvalue weighted by Crippen LogP contribution is 2.33. The van der Waals surface area contributed by atoms with E-state index in [1.165, 1.54) is 12.1 Å². The fourth-order valence-electron chi connectivity index (χ4n) is 3.99. The molecular weight excluding hydrogens is 475 g/mol. The standard InChI is InChI=1S/C28H25FN4O4/c1-2-24(37-21-13-10-19(11-14-21)25(34)18-8-9-18)28-30-32-33(31-28)20-12-15-22(23(29)16-20)27(36)26(35)17-6-4-3-5-7-17/h3-7,10-16,18,24,27,36H,2,8-9H2,1H3. The van der Waals surface area contributed by atoms with Crippen LogP contribution < -0.4 is 4.74 Å². The van der Waals surface area contributed by atoms with Gasteiger partial charge in [-0.3, -0.25) is 9.59 Å². The lowest BCUT2D eigenvalue weighted by Gasteiger charge is -2.14. The van der Waals surface area contributed by atoms with E-state index in [9.17, 15) is 19.1 Å². The molecule has 0 bridgehead atoms. The van der Waals surface area contributed by atoms with Crippen molar-refractivity contribution in [2.45, 2.75) is 38.4 Å². The molecule has 188 valence electrons. The van der Waals surface area contributed by atoms with Gasteiger partial charge in [-0.15, -0.1) is 15.0 Å². The minimum atomic E-state index is -1.64. The topological polar surface area (TPSA) is 107 Å². The van der Waals surface area contributed by atoms with Crippen molar-refractivity contribution in [2.24, 2.45) is 5.92 Å². The van der Waals surface area contributed by atoms with Gasteiger partial charge >= 0.3 is 0 Å². The van der Waals surface area contributed by atoms with Crippen LogP contribution in [0.4, 0.5) is 4.39 Å². The number of nitrogens with zero attached hydrogens (tertiary/aromatic N) is 4. The van der Waals surface area contributed by atoms with Gasteiger partial charge in [-0.1, -0.05) is 43.3 Å². The summed E-state index contributed by atoms with van der Waals surface area (Å²) in [5.74, 6) is -0.162. The molecule has 1 fully saturated rings. The van der Waals surface area contributed by atoms with Gasteiger partial charge in [-0.25, -0.2) is 4.39 Å². The molecule has 3 aromatic carbocycles. The molecule has 5 rings (SSSR count). The number of carbonyl (C=O) groups is 2. The van der Waals surface area contributed by atoms with Gasteiger partial charge in [0.15, 0.2) is 17.7 Å². The number of tetrazole rings is 1. The highest BCUT2D eigenvalue weighted by molar-refractivity contribution is 6.00. The SMILES string of the molecule is CCC(Oc1ccc(C(=O)C2CC2)cc1)c1nnn(-c2ccc(C(O)C(=O)c3ccccc3)c(F)c2)n1. The maximum atomic E-state index is 14.9. The van der Waals surface area contributed by atoms with Crippen molar-refractivity contribution >= 4 is 11.6 Å². The summed E-state index contributed by atoms with van der Waals surface area (Å²) >= 11 is 0. The highest BCUT2D eigenvalue weighted by atomic mass is 19.1. The number of carbonyl (C=O) groups excluding carboxylic acids is 2. The van der Waals surface area contributed by atoms with Crippen LogP contribution >= 0.6 is 0 Å². The number of aliphatic hydroxyl groups is 1. The Kier molecular flexibility index (Phi) is 6.87. The number of ketones is 2. The van der Waals surface area contributed by atoms with E-state index in [-0.39, 0.29) is 28.5 Å². The Morgan fingerprint density at radius 2 is 1.78 bits per heavy atom. The van der Waals surface area contributed by atoms with Gasteiger partial charge in [0.1, 0.15) is 17.7 Å². The van der Waals surface area contributed by atoms with Gasteiger partial charge in [0, 0.05) is 28.7 Å². The zero-order valence-electron chi connectivity index (χ0n) is 20.1. The molecule has 2 unspecified atom stereocenters. The molecule has 1 aliphatic carbocycles. The van der Waals surface area contributed by atoms with Crippen molar-refractivity contribution in [1.29, 1.82) is 0 Å². The minimum Gasteiger partial charge on any atom is -0.482 e. The number of ether oxygens (including phenoxy) is 1. The molecule has 1 saturated carbocycles. The van der Waals surface area contributed by atoms with E-state index in [2.05, 4.69) is 15.4 Å². The Hall–Kier alpha value is -4.24. The van der Waals surface area contributed by atoms with E-state index in [0.717, 1.165) is 23.7 Å². The lowest BCUT2D eigenvalue weighted by atomic mass is 9.99. The summed E-state index contributed by atoms with van der Waals surface area (Å²) < 4.78 is 20.9. The fraction of sp³-hybridized carbons (Fsp3) is 0.250. The molecule has 8 nitrogen and oxygen atoms in total. The van der Waals surface area contributed by atoms with Crippen LogP contribution in [0.25, 0.3) is 5.69 Å². The monoisotopic (exact) mass is 500 g/mol. The predicted molar refractivity (Wildman–Crippen MR) is 132 cm³/mol. The van der Waals surface area contributed by atoms with Gasteiger partial charge in [-0.05, 0) is 54.8 Å². The molecule has 0 spiro atoms. The van der Waals surface area contributed by atoms with Crippen LogP contribution in [0.3, 0.4) is 0 Å². The molecule has 9 heteroatoms. The molecule has 0 saturated heterocycles. The van der Waals surface area contributed by atoms with E-state index in [1.807, 2.05) is 6.92 Å². The van der Waals surface area contributed by atoms with Crippen LogP contribution in [0, 0.1) is 11.7 Å². The van der Waals surface area contributed by atoms with Crippen molar-refractivity contribution < 1.29 is 23.8 Å². The van der Waals surface area contributed by atoms with Crippen molar-refractivity contribution in [3.63, 3.8) is 0 Å². The zero-order valence-corrected chi connectivity index (χ0v) is 20.1. The molecule has 1 N–H and O–H groups in total. The number of halogens is 1. The summed E-state index contributed by atoms with van der Waals surface area (Å²) in [6.07, 6.45) is 0.313. The normalized spacial score (nSPS) is 14.7. The summed E-state index contributed by atoms with van der Waals surface area (Å²) in [6.45, 7) is 1.91. The van der Waals surface area contributed by atoms with Crippen molar-refractivity contribution in [1.82, 2.24) is 20.2 Å². The molecule has 0 amide bonds. The van der Waals surface area contributed by atoms with Crippen LogP contribution in [0.5, 0.6) is 5.75 Å². The Morgan fingerprint density at radius 1 is 1.05 bits per heavy atom. The number of aliphatic hydroxyl groups excluding tert-OH is 1. The molecule has 0 radical (unpaired) electrons. The number of Topliss-reactive ketones (excluding diaryl/α,β-unsaturated/α-hetero) is 2. The Balaban J connectivity index is 1.29. The Morgan fingerprint density at radius 3 is 2.43 bits per heavy atom. The maximum absolute atomic E-state index is 14.9. The van der Waals surface area contributed by atoms with E-state index in [0.29, 0.717) is 23.6 Å². The first-order chi connectivity index (χ1) is 17.9. The molecule has 4 aromatic rings. The molecule has 37 heavy (non-hydrogen) atoms. The van der Waals surface area contributed by atoms with E-state index >= 15 is 0 Å². The molecular formula is C28H25FN4O4. The summed E-state index contributed by atoms with van der Waals surface area (Å²) in [6, 6.07) is 19.2. The van der Waals surface area contributed by atoms with E-state index in [4.69, 9.17) is 4.74 Å². The first-order valence-corrected chi connectivity index (χ1v) is 12.1. The highest BCUT2D eigenvalue weighted by Gasteiger charge is 2.30. The average molecular weight is 501 g/mol. The van der Waals surface area contributed by atoms with Crippen LogP contribution in [-0.2, 0) is 0 Å². The number of rotatable bonds is 10. The van der Waals surface area contributed by atoms with Crippen LogP contribution in [0.2, 0.25) is 0 Å². The number of hydrogen-bond donors (Lipinski definition) is 1. The first-order valence-electron chi connectivity index (χ1n) is 12.1. The second-order valence-electron chi connectivity index (χ2n) is 8.95. The lowest BCUT2D eigenvalue weighted by Crippen LogP contribution is -2.14. The molecule has 1 aromatic heterocycles. The molecule has 2 atom stereocenters. The maximum Gasteiger partial charge on any atom is 0.215 e. The third-order valence-electron chi connectivity index (χ3n) is 6.27. The zero-order chi connectivity index (χ0) is 25.9. The van der Waals surface area contributed by atoms with Gasteiger partial charge < -0.3 is 9.84 Å². The smallest absolute Gasteiger partial charge is 0.215 e. The lowest BCUT2D eigenvalue weighted by molar-refractivity contribution is 0.0740. The minimum absolute atomic E-state index is 0.142. The number of hydrogen-bond acceptors (Lipinski definition) is 7. The van der Waals surface area contributed by atoms with Crippen LogP contribution in [0.1, 0.15) is 70.5 Å². The quantitative estimate of drug-likeness (QED) is 0.311. The second kappa shape index (κ2) is 10.4. The van der Waals surface area contributed by atoms with Gasteiger partial charge in [-0.2, -0.15) is 0 Å². The van der Waals surface area contributed by atoms with Crippen molar-refractivity contribution in [2.75, 3.05) is 0 Å².